The standard InChI is InChI=1S/C20H15FN4O/c1-13-3-5-15(6-4-13)19(26)24-18-17(14-7-9-16(21)10-8-14)23-20-22-11-2-12-25(18)20/h2-12H,1H3,(H,24,26). The van der Waals surface area contributed by atoms with E-state index in [1.807, 2.05) is 19.1 Å². The Morgan fingerprint density at radius 3 is 2.54 bits per heavy atom. The van der Waals surface area contributed by atoms with E-state index in [2.05, 4.69) is 15.3 Å². The van der Waals surface area contributed by atoms with Crippen LogP contribution in [0.3, 0.4) is 0 Å². The van der Waals surface area contributed by atoms with Crippen molar-refractivity contribution in [3.05, 3.63) is 83.9 Å². The molecule has 0 spiro atoms. The van der Waals surface area contributed by atoms with E-state index in [9.17, 15) is 9.18 Å². The Balaban J connectivity index is 1.79. The Labute approximate surface area is 149 Å². The number of aromatic nitrogens is 3. The molecule has 2 aromatic heterocycles. The number of carbonyl (C=O) groups excluding carboxylic acids is 1. The van der Waals surface area contributed by atoms with Crippen molar-refractivity contribution < 1.29 is 9.18 Å². The Morgan fingerprint density at radius 2 is 1.81 bits per heavy atom. The Kier molecular flexibility index (Phi) is 3.93. The number of benzene rings is 2. The van der Waals surface area contributed by atoms with Crippen LogP contribution in [0.25, 0.3) is 17.0 Å². The fraction of sp³-hybridized carbons (Fsp3) is 0.0500. The maximum absolute atomic E-state index is 13.3. The van der Waals surface area contributed by atoms with Crippen molar-refractivity contribution in [2.24, 2.45) is 0 Å². The maximum Gasteiger partial charge on any atom is 0.256 e. The average Bonchev–Trinajstić information content (AvgIpc) is 3.01. The molecule has 26 heavy (non-hydrogen) atoms. The second kappa shape index (κ2) is 6.40. The topological polar surface area (TPSA) is 59.3 Å². The first kappa shape index (κ1) is 16.0. The van der Waals surface area contributed by atoms with E-state index in [1.54, 1.807) is 47.1 Å². The van der Waals surface area contributed by atoms with Crippen LogP contribution < -0.4 is 5.32 Å². The summed E-state index contributed by atoms with van der Waals surface area (Å²) in [6.45, 7) is 1.96. The number of hydrogen-bond acceptors (Lipinski definition) is 3. The fourth-order valence-electron chi connectivity index (χ4n) is 2.70. The third-order valence-electron chi connectivity index (χ3n) is 4.07. The zero-order chi connectivity index (χ0) is 18.1. The molecule has 1 amide bonds. The smallest absolute Gasteiger partial charge is 0.256 e. The van der Waals surface area contributed by atoms with E-state index in [0.29, 0.717) is 28.4 Å². The minimum absolute atomic E-state index is 0.251. The second-order valence-corrected chi connectivity index (χ2v) is 5.93. The zero-order valence-electron chi connectivity index (χ0n) is 14.0. The molecule has 4 rings (SSSR count). The van der Waals surface area contributed by atoms with Crippen molar-refractivity contribution in [1.82, 2.24) is 14.4 Å². The molecule has 0 saturated carbocycles. The Hall–Kier alpha value is -3.54. The molecule has 0 radical (unpaired) electrons. The summed E-state index contributed by atoms with van der Waals surface area (Å²) in [7, 11) is 0. The molecule has 0 saturated heterocycles. The zero-order valence-corrected chi connectivity index (χ0v) is 14.0. The van der Waals surface area contributed by atoms with Crippen LogP contribution in [-0.2, 0) is 0 Å². The van der Waals surface area contributed by atoms with Crippen LogP contribution >= 0.6 is 0 Å². The molecular weight excluding hydrogens is 331 g/mol. The van der Waals surface area contributed by atoms with E-state index < -0.39 is 0 Å². The summed E-state index contributed by atoms with van der Waals surface area (Å²) in [5, 5.41) is 2.91. The molecule has 0 unspecified atom stereocenters. The summed E-state index contributed by atoms with van der Waals surface area (Å²) in [6.07, 6.45) is 3.40. The van der Waals surface area contributed by atoms with Gasteiger partial charge in [0.25, 0.3) is 5.91 Å². The minimum atomic E-state index is -0.333. The maximum atomic E-state index is 13.3. The van der Waals surface area contributed by atoms with Gasteiger partial charge in [0.15, 0.2) is 0 Å². The summed E-state index contributed by atoms with van der Waals surface area (Å²) in [6, 6.07) is 15.0. The molecule has 1 N–H and O–H groups in total. The van der Waals surface area contributed by atoms with E-state index in [1.165, 1.54) is 12.1 Å². The lowest BCUT2D eigenvalue weighted by Crippen LogP contribution is -2.14. The Bertz CT molecular complexity index is 1090. The highest BCUT2D eigenvalue weighted by Gasteiger charge is 2.17. The predicted molar refractivity (Wildman–Crippen MR) is 97.5 cm³/mol. The highest BCUT2D eigenvalue weighted by Crippen LogP contribution is 2.28. The third kappa shape index (κ3) is 2.93. The van der Waals surface area contributed by atoms with Gasteiger partial charge in [0.05, 0.1) is 0 Å². The summed E-state index contributed by atoms with van der Waals surface area (Å²) in [4.78, 5) is 21.4. The molecule has 2 aromatic carbocycles. The molecule has 2 heterocycles. The number of halogens is 1. The van der Waals surface area contributed by atoms with Gasteiger partial charge in [0, 0.05) is 23.5 Å². The van der Waals surface area contributed by atoms with Crippen molar-refractivity contribution in [3.8, 4) is 11.3 Å². The van der Waals surface area contributed by atoms with Crippen LogP contribution in [0, 0.1) is 12.7 Å². The van der Waals surface area contributed by atoms with Crippen LogP contribution in [0.4, 0.5) is 10.2 Å². The first-order valence-corrected chi connectivity index (χ1v) is 8.09. The number of hydrogen-bond donors (Lipinski definition) is 1. The van der Waals surface area contributed by atoms with Gasteiger partial charge in [-0.3, -0.25) is 9.20 Å². The fourth-order valence-corrected chi connectivity index (χ4v) is 2.70. The molecule has 0 aliphatic heterocycles. The molecule has 0 bridgehead atoms. The van der Waals surface area contributed by atoms with Crippen molar-refractivity contribution in [2.75, 3.05) is 5.32 Å². The van der Waals surface area contributed by atoms with Gasteiger partial charge < -0.3 is 5.32 Å². The molecule has 5 nitrogen and oxygen atoms in total. The predicted octanol–water partition coefficient (Wildman–Crippen LogP) is 4.10. The average molecular weight is 346 g/mol. The number of imidazole rings is 1. The second-order valence-electron chi connectivity index (χ2n) is 5.93. The highest BCUT2D eigenvalue weighted by molar-refractivity contribution is 6.05. The van der Waals surface area contributed by atoms with Crippen LogP contribution in [0.2, 0.25) is 0 Å². The molecule has 6 heteroatoms. The summed E-state index contributed by atoms with van der Waals surface area (Å²) >= 11 is 0. The van der Waals surface area contributed by atoms with Gasteiger partial charge in [-0.15, -0.1) is 0 Å². The van der Waals surface area contributed by atoms with Gasteiger partial charge in [-0.05, 0) is 49.4 Å². The lowest BCUT2D eigenvalue weighted by Gasteiger charge is -2.08. The largest absolute Gasteiger partial charge is 0.306 e. The van der Waals surface area contributed by atoms with Crippen molar-refractivity contribution in [2.45, 2.75) is 6.92 Å². The van der Waals surface area contributed by atoms with Gasteiger partial charge in [-0.2, -0.15) is 0 Å². The van der Waals surface area contributed by atoms with E-state index >= 15 is 0 Å². The number of fused-ring (bicyclic) bond motifs is 1. The first-order chi connectivity index (χ1) is 12.6. The van der Waals surface area contributed by atoms with Crippen molar-refractivity contribution in [3.63, 3.8) is 0 Å². The van der Waals surface area contributed by atoms with Crippen LogP contribution in [0.5, 0.6) is 0 Å². The van der Waals surface area contributed by atoms with Gasteiger partial charge in [-0.1, -0.05) is 17.7 Å². The van der Waals surface area contributed by atoms with Crippen LogP contribution in [0.15, 0.2) is 67.0 Å². The number of amides is 1. The highest BCUT2D eigenvalue weighted by atomic mass is 19.1. The number of nitrogens with one attached hydrogen (secondary N) is 1. The number of rotatable bonds is 3. The number of anilines is 1. The number of nitrogens with zero attached hydrogens (tertiary/aromatic N) is 3. The molecule has 0 fully saturated rings. The molecule has 128 valence electrons. The summed E-state index contributed by atoms with van der Waals surface area (Å²) in [5.74, 6) is 0.358. The van der Waals surface area contributed by atoms with Gasteiger partial charge >= 0.3 is 0 Å². The molecule has 0 aliphatic rings. The van der Waals surface area contributed by atoms with Crippen LogP contribution in [0.1, 0.15) is 15.9 Å². The Morgan fingerprint density at radius 1 is 1.08 bits per heavy atom. The van der Waals surface area contributed by atoms with Crippen molar-refractivity contribution >= 4 is 17.5 Å². The third-order valence-corrected chi connectivity index (χ3v) is 4.07. The molecule has 4 aromatic rings. The monoisotopic (exact) mass is 346 g/mol. The van der Waals surface area contributed by atoms with Crippen molar-refractivity contribution in [1.29, 1.82) is 0 Å². The number of aryl methyl sites for hydroxylation is 1. The molecular formula is C20H15FN4O. The first-order valence-electron chi connectivity index (χ1n) is 8.09. The molecule has 0 atom stereocenters. The van der Waals surface area contributed by atoms with E-state index in [4.69, 9.17) is 0 Å². The van der Waals surface area contributed by atoms with E-state index in [-0.39, 0.29) is 11.7 Å². The molecule has 0 aliphatic carbocycles. The minimum Gasteiger partial charge on any atom is -0.306 e. The summed E-state index contributed by atoms with van der Waals surface area (Å²) < 4.78 is 15.0. The quantitative estimate of drug-likeness (QED) is 0.608. The lowest BCUT2D eigenvalue weighted by molar-refractivity contribution is 0.102. The van der Waals surface area contributed by atoms with Gasteiger partial charge in [0.2, 0.25) is 5.78 Å². The summed E-state index contributed by atoms with van der Waals surface area (Å²) in [5.41, 5.74) is 2.84. The number of carbonyl (C=O) groups is 1. The van der Waals surface area contributed by atoms with Gasteiger partial charge in [0.1, 0.15) is 17.3 Å². The van der Waals surface area contributed by atoms with Crippen LogP contribution in [-0.4, -0.2) is 20.3 Å². The SMILES string of the molecule is Cc1ccc(C(=O)Nc2c(-c3ccc(F)cc3)nc3ncccn23)cc1. The van der Waals surface area contributed by atoms with Gasteiger partial charge in [-0.25, -0.2) is 14.4 Å². The lowest BCUT2D eigenvalue weighted by atomic mass is 10.1. The normalized spacial score (nSPS) is 10.8. The van der Waals surface area contributed by atoms with E-state index in [0.717, 1.165) is 5.56 Å².